The van der Waals surface area contributed by atoms with Gasteiger partial charge in [0.25, 0.3) is 0 Å². The zero-order chi connectivity index (χ0) is 11.1. The summed E-state index contributed by atoms with van der Waals surface area (Å²) in [6, 6.07) is 0. The molecule has 4 bridgehead atoms. The van der Waals surface area contributed by atoms with E-state index in [9.17, 15) is 0 Å². The van der Waals surface area contributed by atoms with E-state index in [0.717, 1.165) is 17.8 Å². The van der Waals surface area contributed by atoms with Gasteiger partial charge >= 0.3 is 0 Å². The molecule has 4 rings (SSSR count). The van der Waals surface area contributed by atoms with Crippen molar-refractivity contribution in [1.82, 2.24) is 0 Å². The average Bonchev–Trinajstić information content (AvgIpc) is 1.96. The van der Waals surface area contributed by atoms with E-state index in [4.69, 9.17) is 15.6 Å². The molecular weight excluding hydrogens is 189 g/mol. The van der Waals surface area contributed by atoms with Gasteiger partial charge in [0.2, 0.25) is 13.7 Å². The fourth-order valence-corrected chi connectivity index (χ4v) is 4.18. The Morgan fingerprint density at radius 3 is 1.60 bits per heavy atom. The lowest BCUT2D eigenvalue weighted by atomic mass is 9.53. The first-order valence-electron chi connectivity index (χ1n) is 5.74. The molecule has 3 N–H and O–H groups in total. The highest BCUT2D eigenvalue weighted by Crippen LogP contribution is 2.54. The van der Waals surface area contributed by atoms with Gasteiger partial charge in [0, 0.05) is 5.54 Å². The smallest absolute Gasteiger partial charge is 0.233 e. The highest BCUT2D eigenvalue weighted by Gasteiger charge is 2.48. The predicted octanol–water partition coefficient (Wildman–Crippen LogP) is 1.75. The Kier molecular flexibility index (Phi) is 2.80. The van der Waals surface area contributed by atoms with Crippen LogP contribution < -0.4 is 5.73 Å². The molecule has 4 aliphatic rings. The summed E-state index contributed by atoms with van der Waals surface area (Å²) in [6.45, 7) is 0. The minimum atomic E-state index is -1.33. The summed E-state index contributed by atoms with van der Waals surface area (Å²) in [5, 5.41) is 7.19. The maximum Gasteiger partial charge on any atom is 0.233 e. The van der Waals surface area contributed by atoms with Crippen molar-refractivity contribution in [2.24, 2.45) is 23.5 Å². The normalized spacial score (nSPS) is 45.8. The minimum Gasteiger partial charge on any atom is -0.490 e. The van der Waals surface area contributed by atoms with E-state index in [0.29, 0.717) is 5.54 Å². The molecule has 0 saturated heterocycles. The molecule has 0 spiro atoms. The molecule has 0 amide bonds. The van der Waals surface area contributed by atoms with E-state index in [-0.39, 0.29) is 0 Å². The Hall–Kier alpha value is -0.505. The molecule has 4 saturated carbocycles. The largest absolute Gasteiger partial charge is 0.490 e. The summed E-state index contributed by atoms with van der Waals surface area (Å²) in [5.41, 5.74) is 6.62. The number of carboxylic acid groups (broad SMARTS) is 1. The van der Waals surface area contributed by atoms with Crippen LogP contribution in [-0.4, -0.2) is 24.4 Å². The summed E-state index contributed by atoms with van der Waals surface area (Å²) < 4.78 is 0. The molecule has 3 nitrogen and oxygen atoms in total. The lowest BCUT2D eigenvalue weighted by Gasteiger charge is -2.55. The molecular formula is C11H18BNO2. The van der Waals surface area contributed by atoms with Crippen LogP contribution in [0, 0.1) is 17.8 Å². The first kappa shape index (κ1) is 11.0. The minimum absolute atomic E-state index is 0.300. The van der Waals surface area contributed by atoms with Crippen molar-refractivity contribution in [2.45, 2.75) is 44.1 Å². The Morgan fingerprint density at radius 2 is 1.40 bits per heavy atom. The standard InChI is InChI=1S/C10H17N.CHBO2/c11-10-4-7-1-8(5-10)3-9(2-7)6-10;2-1(3)4/h7-9H,1-6,11H2;(H,3,4). The molecule has 0 aromatic rings. The molecule has 4 aliphatic carbocycles. The average molecular weight is 207 g/mol. The van der Waals surface area contributed by atoms with Crippen molar-refractivity contribution >= 4 is 13.7 Å². The molecule has 0 heterocycles. The number of rotatable bonds is 0. The van der Waals surface area contributed by atoms with Gasteiger partial charge in [-0.1, -0.05) is 0 Å². The van der Waals surface area contributed by atoms with Crippen LogP contribution in [0.5, 0.6) is 0 Å². The van der Waals surface area contributed by atoms with Gasteiger partial charge in [0.05, 0.1) is 0 Å². The molecule has 0 unspecified atom stereocenters. The predicted molar refractivity (Wildman–Crippen MR) is 58.9 cm³/mol. The van der Waals surface area contributed by atoms with Crippen molar-refractivity contribution < 1.29 is 9.90 Å². The fraction of sp³-hybridized carbons (Fsp3) is 0.909. The summed E-state index contributed by atoms with van der Waals surface area (Å²) >= 11 is 0. The molecule has 4 heteroatoms. The number of hydrogen-bond donors (Lipinski definition) is 2. The highest BCUT2D eigenvalue weighted by atomic mass is 16.4. The Morgan fingerprint density at radius 1 is 1.13 bits per heavy atom. The van der Waals surface area contributed by atoms with Gasteiger partial charge in [-0.05, 0) is 56.3 Å². The van der Waals surface area contributed by atoms with Crippen molar-refractivity contribution in [3.05, 3.63) is 0 Å². The topological polar surface area (TPSA) is 63.3 Å². The third kappa shape index (κ3) is 2.54. The Balaban J connectivity index is 0.000000188. The molecule has 4 fully saturated rings. The van der Waals surface area contributed by atoms with Gasteiger partial charge in [-0.3, -0.25) is 4.79 Å². The summed E-state index contributed by atoms with van der Waals surface area (Å²) in [4.78, 5) is 8.78. The molecule has 0 aromatic carbocycles. The van der Waals surface area contributed by atoms with E-state index in [1.807, 2.05) is 0 Å². The van der Waals surface area contributed by atoms with E-state index in [1.165, 1.54) is 38.5 Å². The van der Waals surface area contributed by atoms with E-state index >= 15 is 0 Å². The first-order chi connectivity index (χ1) is 6.97. The first-order valence-corrected chi connectivity index (χ1v) is 5.74. The van der Waals surface area contributed by atoms with E-state index in [2.05, 4.69) is 7.85 Å². The molecule has 0 aromatic heterocycles. The molecule has 0 aliphatic heterocycles. The molecule has 2 radical (unpaired) electrons. The third-order valence-electron chi connectivity index (χ3n) is 4.09. The Labute approximate surface area is 91.8 Å². The zero-order valence-electron chi connectivity index (χ0n) is 8.98. The second-order valence-corrected chi connectivity index (χ2v) is 5.62. The van der Waals surface area contributed by atoms with Gasteiger partial charge in [-0.15, -0.1) is 0 Å². The maximum atomic E-state index is 8.78. The van der Waals surface area contributed by atoms with Gasteiger partial charge in [0.1, 0.15) is 0 Å². The number of hydrogen-bond acceptors (Lipinski definition) is 2. The second kappa shape index (κ2) is 3.82. The van der Waals surface area contributed by atoms with Gasteiger partial charge < -0.3 is 10.8 Å². The monoisotopic (exact) mass is 207 g/mol. The Bertz CT molecular complexity index is 228. The molecule has 0 atom stereocenters. The maximum absolute atomic E-state index is 8.78. The lowest BCUT2D eigenvalue weighted by molar-refractivity contribution is 0.000364. The van der Waals surface area contributed by atoms with Crippen molar-refractivity contribution in [1.29, 1.82) is 0 Å². The van der Waals surface area contributed by atoms with E-state index in [1.54, 1.807) is 0 Å². The molecule has 15 heavy (non-hydrogen) atoms. The van der Waals surface area contributed by atoms with Crippen LogP contribution in [0.1, 0.15) is 38.5 Å². The number of nitrogens with two attached hydrogens (primary N) is 1. The van der Waals surface area contributed by atoms with Gasteiger partial charge in [0.15, 0.2) is 0 Å². The molecule has 82 valence electrons. The van der Waals surface area contributed by atoms with Gasteiger partial charge in [-0.25, -0.2) is 0 Å². The quantitative estimate of drug-likeness (QED) is 0.594. The highest BCUT2D eigenvalue weighted by molar-refractivity contribution is 6.54. The van der Waals surface area contributed by atoms with Crippen LogP contribution >= 0.6 is 0 Å². The van der Waals surface area contributed by atoms with Crippen molar-refractivity contribution in [2.75, 3.05) is 0 Å². The second-order valence-electron chi connectivity index (χ2n) is 5.62. The third-order valence-corrected chi connectivity index (χ3v) is 4.09. The van der Waals surface area contributed by atoms with Crippen LogP contribution in [0.3, 0.4) is 0 Å². The summed E-state index contributed by atoms with van der Waals surface area (Å²) in [6.07, 6.45) is 8.57. The van der Waals surface area contributed by atoms with Crippen LogP contribution in [-0.2, 0) is 0 Å². The summed E-state index contributed by atoms with van der Waals surface area (Å²) in [5.74, 6) is 1.73. The fourth-order valence-electron chi connectivity index (χ4n) is 4.18. The zero-order valence-corrected chi connectivity index (χ0v) is 8.98. The summed E-state index contributed by atoms with van der Waals surface area (Å²) in [7, 11) is 4.03. The van der Waals surface area contributed by atoms with Crippen LogP contribution in [0.4, 0.5) is 4.79 Å². The number of carbonyl (C=O) groups is 1. The van der Waals surface area contributed by atoms with Crippen molar-refractivity contribution in [3.63, 3.8) is 0 Å². The van der Waals surface area contributed by atoms with Crippen LogP contribution in [0.15, 0.2) is 0 Å². The van der Waals surface area contributed by atoms with E-state index < -0.39 is 5.87 Å². The van der Waals surface area contributed by atoms with Gasteiger partial charge in [-0.2, -0.15) is 0 Å². The van der Waals surface area contributed by atoms with Crippen molar-refractivity contribution in [3.8, 4) is 0 Å². The van der Waals surface area contributed by atoms with Crippen LogP contribution in [0.25, 0.3) is 0 Å². The SMILES string of the molecule is NC12CC3CC(CC(C3)C1)C2.[B]C(=O)O. The lowest BCUT2D eigenvalue weighted by Crippen LogP contribution is -2.55. The van der Waals surface area contributed by atoms with Crippen LogP contribution in [0.2, 0.25) is 0 Å².